The van der Waals surface area contributed by atoms with Crippen LogP contribution in [0.15, 0.2) is 54.6 Å². The van der Waals surface area contributed by atoms with Crippen molar-refractivity contribution in [1.82, 2.24) is 10.2 Å². The van der Waals surface area contributed by atoms with Crippen molar-refractivity contribution >= 4 is 11.9 Å². The van der Waals surface area contributed by atoms with E-state index in [1.807, 2.05) is 18.2 Å². The van der Waals surface area contributed by atoms with Gasteiger partial charge in [-0.1, -0.05) is 48.5 Å². The van der Waals surface area contributed by atoms with Crippen LogP contribution >= 0.6 is 0 Å². The van der Waals surface area contributed by atoms with Crippen molar-refractivity contribution in [1.29, 1.82) is 0 Å². The highest BCUT2D eigenvalue weighted by Gasteiger charge is 2.27. The maximum atomic E-state index is 14.1. The minimum Gasteiger partial charge on any atom is -0.352 e. The zero-order valence-electron chi connectivity index (χ0n) is 15.8. The number of primary amides is 1. The number of hydrogen-bond acceptors (Lipinski definition) is 2. The van der Waals surface area contributed by atoms with Crippen LogP contribution in [0.4, 0.5) is 9.18 Å². The number of halogens is 1. The van der Waals surface area contributed by atoms with Gasteiger partial charge in [0, 0.05) is 18.7 Å². The number of amides is 3. The van der Waals surface area contributed by atoms with Gasteiger partial charge in [0.05, 0.1) is 12.5 Å². The van der Waals surface area contributed by atoms with E-state index in [0.717, 1.165) is 19.3 Å². The zero-order chi connectivity index (χ0) is 19.9. The Morgan fingerprint density at radius 2 is 1.71 bits per heavy atom. The van der Waals surface area contributed by atoms with E-state index in [4.69, 9.17) is 5.73 Å². The molecule has 0 aromatic heterocycles. The minimum atomic E-state index is -0.775. The number of benzene rings is 2. The van der Waals surface area contributed by atoms with Crippen molar-refractivity contribution in [3.63, 3.8) is 0 Å². The van der Waals surface area contributed by atoms with E-state index in [2.05, 4.69) is 17.4 Å². The molecule has 3 amide bonds. The van der Waals surface area contributed by atoms with Gasteiger partial charge in [0.25, 0.3) is 0 Å². The van der Waals surface area contributed by atoms with Gasteiger partial charge >= 0.3 is 6.03 Å². The molecule has 0 radical (unpaired) electrons. The highest BCUT2D eigenvalue weighted by molar-refractivity contribution is 5.79. The molecule has 1 aliphatic heterocycles. The van der Waals surface area contributed by atoms with E-state index < -0.39 is 17.9 Å². The molecule has 28 heavy (non-hydrogen) atoms. The molecule has 0 unspecified atom stereocenters. The lowest BCUT2D eigenvalue weighted by Crippen LogP contribution is -2.42. The predicted octanol–water partition coefficient (Wildman–Crippen LogP) is 3.41. The summed E-state index contributed by atoms with van der Waals surface area (Å²) < 4.78 is 14.1. The summed E-state index contributed by atoms with van der Waals surface area (Å²) in [7, 11) is 0. The molecule has 1 aliphatic rings. The Balaban J connectivity index is 1.57. The maximum Gasteiger partial charge on any atom is 0.312 e. The molecule has 0 spiro atoms. The summed E-state index contributed by atoms with van der Waals surface area (Å²) in [5.41, 5.74) is 6.82. The summed E-state index contributed by atoms with van der Waals surface area (Å²) in [4.78, 5) is 25.9. The molecule has 6 heteroatoms. The first kappa shape index (κ1) is 19.9. The standard InChI is InChI=1S/C22H26FN3O2/c23-19-9-5-4-8-18(19)20(25-22(24)28)15-21(27)26-12-10-17(11-13-26)14-16-6-2-1-3-7-16/h1-9,17,20H,10-15H2,(H3,24,25,28)/t20-/m1/s1. The number of likely N-dealkylation sites (tertiary alicyclic amines) is 1. The molecule has 2 aromatic rings. The molecular formula is C22H26FN3O2. The predicted molar refractivity (Wildman–Crippen MR) is 106 cm³/mol. The third-order valence-corrected chi connectivity index (χ3v) is 5.31. The van der Waals surface area contributed by atoms with Gasteiger partial charge in [-0.2, -0.15) is 0 Å². The lowest BCUT2D eigenvalue weighted by molar-refractivity contribution is -0.133. The molecule has 3 N–H and O–H groups in total. The highest BCUT2D eigenvalue weighted by atomic mass is 19.1. The van der Waals surface area contributed by atoms with Crippen molar-refractivity contribution in [2.24, 2.45) is 11.7 Å². The topological polar surface area (TPSA) is 75.4 Å². The fraction of sp³-hybridized carbons (Fsp3) is 0.364. The Bertz CT molecular complexity index is 804. The maximum absolute atomic E-state index is 14.1. The second-order valence-corrected chi connectivity index (χ2v) is 7.30. The molecule has 1 fully saturated rings. The molecule has 2 aromatic carbocycles. The summed E-state index contributed by atoms with van der Waals surface area (Å²) in [5.74, 6) is -0.00616. The van der Waals surface area contributed by atoms with E-state index in [9.17, 15) is 14.0 Å². The third-order valence-electron chi connectivity index (χ3n) is 5.31. The number of carbonyl (C=O) groups is 2. The molecular weight excluding hydrogens is 357 g/mol. The van der Waals surface area contributed by atoms with Crippen LogP contribution in [0.2, 0.25) is 0 Å². The number of carbonyl (C=O) groups excluding carboxylic acids is 2. The van der Waals surface area contributed by atoms with Gasteiger partial charge in [-0.15, -0.1) is 0 Å². The first-order valence-corrected chi connectivity index (χ1v) is 9.65. The number of urea groups is 1. The smallest absolute Gasteiger partial charge is 0.312 e. The second-order valence-electron chi connectivity index (χ2n) is 7.30. The Morgan fingerprint density at radius 3 is 2.36 bits per heavy atom. The Kier molecular flexibility index (Phi) is 6.63. The number of hydrogen-bond donors (Lipinski definition) is 2. The van der Waals surface area contributed by atoms with Crippen LogP contribution < -0.4 is 11.1 Å². The number of nitrogens with two attached hydrogens (primary N) is 1. The van der Waals surface area contributed by atoms with Crippen LogP contribution in [0.25, 0.3) is 0 Å². The third kappa shape index (κ3) is 5.31. The average Bonchev–Trinajstić information content (AvgIpc) is 2.69. The van der Waals surface area contributed by atoms with E-state index >= 15 is 0 Å². The Labute approximate surface area is 164 Å². The van der Waals surface area contributed by atoms with Gasteiger partial charge < -0.3 is 16.0 Å². The normalized spacial score (nSPS) is 15.8. The monoisotopic (exact) mass is 383 g/mol. The highest BCUT2D eigenvalue weighted by Crippen LogP contribution is 2.25. The van der Waals surface area contributed by atoms with Crippen LogP contribution in [-0.4, -0.2) is 29.9 Å². The fourth-order valence-corrected chi connectivity index (χ4v) is 3.81. The lowest BCUT2D eigenvalue weighted by atomic mass is 9.90. The van der Waals surface area contributed by atoms with E-state index in [1.165, 1.54) is 11.6 Å². The van der Waals surface area contributed by atoms with Crippen molar-refractivity contribution in [2.45, 2.75) is 31.7 Å². The van der Waals surface area contributed by atoms with E-state index in [1.54, 1.807) is 23.1 Å². The molecule has 0 bridgehead atoms. The molecule has 148 valence electrons. The molecule has 1 atom stereocenters. The van der Waals surface area contributed by atoms with Crippen molar-refractivity contribution in [3.8, 4) is 0 Å². The van der Waals surface area contributed by atoms with Crippen LogP contribution in [0.1, 0.15) is 36.4 Å². The summed E-state index contributed by atoms with van der Waals surface area (Å²) in [6, 6.07) is 14.9. The van der Waals surface area contributed by atoms with Gasteiger partial charge in [0.2, 0.25) is 5.91 Å². The Hall–Kier alpha value is -2.89. The lowest BCUT2D eigenvalue weighted by Gasteiger charge is -2.33. The SMILES string of the molecule is NC(=O)N[C@H](CC(=O)N1CCC(Cc2ccccc2)CC1)c1ccccc1F. The van der Waals surface area contributed by atoms with Crippen molar-refractivity contribution < 1.29 is 14.0 Å². The van der Waals surface area contributed by atoms with Crippen molar-refractivity contribution in [2.75, 3.05) is 13.1 Å². The Morgan fingerprint density at radius 1 is 1.07 bits per heavy atom. The molecule has 1 saturated heterocycles. The summed E-state index contributed by atoms with van der Waals surface area (Å²) in [5, 5.41) is 2.50. The molecule has 0 saturated carbocycles. The van der Waals surface area contributed by atoms with Gasteiger partial charge in [-0.05, 0) is 36.8 Å². The summed E-state index contributed by atoms with van der Waals surface area (Å²) in [6.45, 7) is 1.35. The van der Waals surface area contributed by atoms with E-state index in [0.29, 0.717) is 19.0 Å². The zero-order valence-corrected chi connectivity index (χ0v) is 15.8. The fourth-order valence-electron chi connectivity index (χ4n) is 3.81. The van der Waals surface area contributed by atoms with Crippen molar-refractivity contribution in [3.05, 3.63) is 71.5 Å². The van der Waals surface area contributed by atoms with Crippen LogP contribution in [0.5, 0.6) is 0 Å². The first-order chi connectivity index (χ1) is 13.5. The quantitative estimate of drug-likeness (QED) is 0.802. The van der Waals surface area contributed by atoms with Crippen LogP contribution in [-0.2, 0) is 11.2 Å². The minimum absolute atomic E-state index is 0.00672. The van der Waals surface area contributed by atoms with Crippen LogP contribution in [0, 0.1) is 11.7 Å². The van der Waals surface area contributed by atoms with Gasteiger partial charge in [-0.25, -0.2) is 9.18 Å². The largest absolute Gasteiger partial charge is 0.352 e. The molecule has 5 nitrogen and oxygen atoms in total. The number of nitrogens with zero attached hydrogens (tertiary/aromatic N) is 1. The molecule has 3 rings (SSSR count). The number of nitrogens with one attached hydrogen (secondary N) is 1. The summed E-state index contributed by atoms with van der Waals surface area (Å²) >= 11 is 0. The number of rotatable bonds is 6. The van der Waals surface area contributed by atoms with E-state index in [-0.39, 0.29) is 17.9 Å². The average molecular weight is 383 g/mol. The molecule has 0 aliphatic carbocycles. The van der Waals surface area contributed by atoms with Gasteiger partial charge in [0.15, 0.2) is 0 Å². The van der Waals surface area contributed by atoms with Crippen LogP contribution in [0.3, 0.4) is 0 Å². The van der Waals surface area contributed by atoms with Gasteiger partial charge in [0.1, 0.15) is 5.82 Å². The number of piperidine rings is 1. The molecule has 1 heterocycles. The second kappa shape index (κ2) is 9.35. The first-order valence-electron chi connectivity index (χ1n) is 9.65. The summed E-state index contributed by atoms with van der Waals surface area (Å²) in [6.07, 6.45) is 2.89. The van der Waals surface area contributed by atoms with Gasteiger partial charge in [-0.3, -0.25) is 4.79 Å².